The van der Waals surface area contributed by atoms with Crippen molar-refractivity contribution in [2.75, 3.05) is 12.8 Å². The Morgan fingerprint density at radius 1 is 1.52 bits per heavy atom. The summed E-state index contributed by atoms with van der Waals surface area (Å²) in [6, 6.07) is 6.79. The van der Waals surface area contributed by atoms with Crippen molar-refractivity contribution in [2.24, 2.45) is 0 Å². The van der Waals surface area contributed by atoms with E-state index in [9.17, 15) is 18.3 Å². The quantitative estimate of drug-likeness (QED) is 0.836. The van der Waals surface area contributed by atoms with E-state index in [1.807, 2.05) is 24.3 Å². The maximum Gasteiger partial charge on any atom is 0.407 e. The molecule has 116 valence electrons. The number of hydrogen-bond acceptors (Lipinski definition) is 3. The zero-order chi connectivity index (χ0) is 15.6. The van der Waals surface area contributed by atoms with Crippen LogP contribution in [0.1, 0.15) is 12.0 Å². The first-order valence-corrected chi connectivity index (χ1v) is 9.16. The van der Waals surface area contributed by atoms with Gasteiger partial charge < -0.3 is 10.0 Å². The first-order valence-electron chi connectivity index (χ1n) is 6.47. The summed E-state index contributed by atoms with van der Waals surface area (Å²) in [5.74, 6) is 0. The van der Waals surface area contributed by atoms with Gasteiger partial charge in [0.25, 0.3) is 0 Å². The Kier molecular flexibility index (Phi) is 4.90. The first-order chi connectivity index (χ1) is 9.76. The molecule has 1 saturated heterocycles. The van der Waals surface area contributed by atoms with E-state index in [1.54, 1.807) is 0 Å². The van der Waals surface area contributed by atoms with Gasteiger partial charge in [-0.25, -0.2) is 17.9 Å². The molecular formula is C13H17BrN2O4S. The number of nitrogens with zero attached hydrogens (tertiary/aromatic N) is 1. The molecular weight excluding hydrogens is 360 g/mol. The minimum atomic E-state index is -3.37. The van der Waals surface area contributed by atoms with Gasteiger partial charge >= 0.3 is 6.09 Å². The summed E-state index contributed by atoms with van der Waals surface area (Å²) in [5, 5.41) is 9.27. The Labute approximate surface area is 132 Å². The highest BCUT2D eigenvalue weighted by atomic mass is 79.9. The van der Waals surface area contributed by atoms with E-state index in [-0.39, 0.29) is 0 Å². The average molecular weight is 377 g/mol. The summed E-state index contributed by atoms with van der Waals surface area (Å²) in [7, 11) is -3.37. The smallest absolute Gasteiger partial charge is 0.407 e. The third-order valence-electron chi connectivity index (χ3n) is 3.49. The van der Waals surface area contributed by atoms with Crippen LogP contribution in [0.4, 0.5) is 4.79 Å². The molecule has 1 aromatic rings. The summed E-state index contributed by atoms with van der Waals surface area (Å²) in [6.45, 7) is 0.335. The molecule has 0 radical (unpaired) electrons. The molecule has 0 spiro atoms. The summed E-state index contributed by atoms with van der Waals surface area (Å²) in [6.07, 6.45) is 1.02. The highest BCUT2D eigenvalue weighted by Gasteiger charge is 2.38. The lowest BCUT2D eigenvalue weighted by Crippen LogP contribution is -2.47. The number of hydrogen-bond donors (Lipinski definition) is 2. The second-order valence-electron chi connectivity index (χ2n) is 5.16. The summed E-state index contributed by atoms with van der Waals surface area (Å²) >= 11 is 3.38. The molecule has 2 atom stereocenters. The lowest BCUT2D eigenvalue weighted by Gasteiger charge is -2.26. The van der Waals surface area contributed by atoms with Crippen LogP contribution in [0.5, 0.6) is 0 Å². The molecule has 0 aliphatic carbocycles. The molecule has 6 nitrogen and oxygen atoms in total. The molecule has 21 heavy (non-hydrogen) atoms. The minimum absolute atomic E-state index is 0.335. The number of likely N-dealkylation sites (tertiary alicyclic amines) is 1. The maximum atomic E-state index is 11.4. The Hall–Kier alpha value is -1.12. The molecule has 0 unspecified atom stereocenters. The molecule has 1 amide bonds. The molecule has 1 aromatic carbocycles. The normalized spacial score (nSPS) is 22.5. The number of carboxylic acid groups (broad SMARTS) is 1. The topological polar surface area (TPSA) is 86.7 Å². The Balaban J connectivity index is 2.22. The SMILES string of the molecule is CS(=O)(=O)N[C@H]1CCN(C(=O)O)[C@H]1Cc1cccc(Br)c1. The van der Waals surface area contributed by atoms with Crippen molar-refractivity contribution in [3.8, 4) is 0 Å². The molecule has 1 aliphatic heterocycles. The van der Waals surface area contributed by atoms with Gasteiger partial charge in [0.1, 0.15) is 0 Å². The Bertz CT molecular complexity index is 635. The van der Waals surface area contributed by atoms with E-state index >= 15 is 0 Å². The van der Waals surface area contributed by atoms with E-state index in [0.717, 1.165) is 16.3 Å². The van der Waals surface area contributed by atoms with E-state index in [2.05, 4.69) is 20.7 Å². The highest BCUT2D eigenvalue weighted by Crippen LogP contribution is 2.24. The van der Waals surface area contributed by atoms with Crippen LogP contribution >= 0.6 is 15.9 Å². The van der Waals surface area contributed by atoms with E-state index in [1.165, 1.54) is 4.90 Å². The van der Waals surface area contributed by atoms with Crippen LogP contribution in [0.15, 0.2) is 28.7 Å². The van der Waals surface area contributed by atoms with Crippen LogP contribution in [-0.2, 0) is 16.4 Å². The number of benzene rings is 1. The predicted molar refractivity (Wildman–Crippen MR) is 82.7 cm³/mol. The lowest BCUT2D eigenvalue weighted by atomic mass is 10.0. The van der Waals surface area contributed by atoms with E-state index in [4.69, 9.17) is 0 Å². The fraction of sp³-hybridized carbons (Fsp3) is 0.462. The highest BCUT2D eigenvalue weighted by molar-refractivity contribution is 9.10. The van der Waals surface area contributed by atoms with Gasteiger partial charge in [0.2, 0.25) is 10.0 Å². The number of halogens is 1. The maximum absolute atomic E-state index is 11.4. The fourth-order valence-corrected chi connectivity index (χ4v) is 3.93. The van der Waals surface area contributed by atoms with Crippen LogP contribution in [0, 0.1) is 0 Å². The molecule has 0 aromatic heterocycles. The predicted octanol–water partition coefficient (Wildman–Crippen LogP) is 1.66. The Morgan fingerprint density at radius 3 is 2.81 bits per heavy atom. The number of carbonyl (C=O) groups is 1. The van der Waals surface area contributed by atoms with Crippen molar-refractivity contribution in [1.82, 2.24) is 9.62 Å². The fourth-order valence-electron chi connectivity index (χ4n) is 2.66. The van der Waals surface area contributed by atoms with Gasteiger partial charge in [0.05, 0.1) is 12.3 Å². The van der Waals surface area contributed by atoms with Crippen LogP contribution in [0.25, 0.3) is 0 Å². The number of sulfonamides is 1. The second kappa shape index (κ2) is 6.33. The third kappa shape index (κ3) is 4.42. The Morgan fingerprint density at radius 2 is 2.24 bits per heavy atom. The van der Waals surface area contributed by atoms with Gasteiger partial charge in [-0.2, -0.15) is 0 Å². The summed E-state index contributed by atoms with van der Waals surface area (Å²) < 4.78 is 26.3. The van der Waals surface area contributed by atoms with Crippen LogP contribution in [-0.4, -0.2) is 49.4 Å². The molecule has 0 saturated carbocycles. The zero-order valence-electron chi connectivity index (χ0n) is 11.5. The summed E-state index contributed by atoms with van der Waals surface area (Å²) in [5.41, 5.74) is 0.961. The van der Waals surface area contributed by atoms with Gasteiger partial charge in [-0.15, -0.1) is 0 Å². The average Bonchev–Trinajstić information content (AvgIpc) is 2.70. The van der Waals surface area contributed by atoms with Crippen LogP contribution in [0.2, 0.25) is 0 Å². The minimum Gasteiger partial charge on any atom is -0.465 e. The third-order valence-corrected chi connectivity index (χ3v) is 4.71. The van der Waals surface area contributed by atoms with E-state index in [0.29, 0.717) is 19.4 Å². The van der Waals surface area contributed by atoms with Crippen molar-refractivity contribution in [1.29, 1.82) is 0 Å². The molecule has 0 bridgehead atoms. The van der Waals surface area contributed by atoms with Crippen molar-refractivity contribution < 1.29 is 18.3 Å². The molecule has 8 heteroatoms. The number of rotatable bonds is 4. The first kappa shape index (κ1) is 16.3. The molecule has 1 aliphatic rings. The number of amides is 1. The zero-order valence-corrected chi connectivity index (χ0v) is 13.9. The van der Waals surface area contributed by atoms with Crippen molar-refractivity contribution >= 4 is 32.0 Å². The van der Waals surface area contributed by atoms with Gasteiger partial charge in [-0.05, 0) is 30.5 Å². The van der Waals surface area contributed by atoms with Gasteiger partial charge in [0, 0.05) is 17.1 Å². The van der Waals surface area contributed by atoms with Crippen molar-refractivity contribution in [2.45, 2.75) is 24.9 Å². The van der Waals surface area contributed by atoms with Gasteiger partial charge in [-0.3, -0.25) is 0 Å². The summed E-state index contributed by atoms with van der Waals surface area (Å²) in [4.78, 5) is 12.6. The molecule has 1 heterocycles. The van der Waals surface area contributed by atoms with Crippen LogP contribution < -0.4 is 4.72 Å². The van der Waals surface area contributed by atoms with Crippen molar-refractivity contribution in [3.05, 3.63) is 34.3 Å². The second-order valence-corrected chi connectivity index (χ2v) is 7.86. The molecule has 2 rings (SSSR count). The largest absolute Gasteiger partial charge is 0.465 e. The number of nitrogens with one attached hydrogen (secondary N) is 1. The monoisotopic (exact) mass is 376 g/mol. The standard InChI is InChI=1S/C13H17BrN2O4S/c1-21(19,20)15-11-5-6-16(13(17)18)12(11)8-9-3-2-4-10(14)7-9/h2-4,7,11-12,15H,5-6,8H2,1H3,(H,17,18)/t11-,12-/m0/s1. The van der Waals surface area contributed by atoms with E-state index < -0.39 is 28.2 Å². The van der Waals surface area contributed by atoms with Gasteiger partial charge in [0.15, 0.2) is 0 Å². The van der Waals surface area contributed by atoms with Crippen LogP contribution in [0.3, 0.4) is 0 Å². The molecule has 2 N–H and O–H groups in total. The van der Waals surface area contributed by atoms with Crippen molar-refractivity contribution in [3.63, 3.8) is 0 Å². The molecule has 1 fully saturated rings. The van der Waals surface area contributed by atoms with Gasteiger partial charge in [-0.1, -0.05) is 28.1 Å². The lowest BCUT2D eigenvalue weighted by molar-refractivity contribution is 0.137.